The van der Waals surface area contributed by atoms with Crippen LogP contribution >= 0.6 is 15.9 Å². The Morgan fingerprint density at radius 2 is 1.90 bits per heavy atom. The topological polar surface area (TPSA) is 44.8 Å². The molecular formula is C16H21BrO4. The van der Waals surface area contributed by atoms with E-state index in [-0.39, 0.29) is 35.2 Å². The van der Waals surface area contributed by atoms with Gasteiger partial charge in [-0.15, -0.1) is 0 Å². The zero-order valence-electron chi connectivity index (χ0n) is 12.5. The van der Waals surface area contributed by atoms with Crippen LogP contribution < -0.4 is 0 Å². The highest BCUT2D eigenvalue weighted by atomic mass is 79.9. The lowest BCUT2D eigenvalue weighted by molar-refractivity contribution is -0.199. The van der Waals surface area contributed by atoms with Gasteiger partial charge in [-0.1, -0.05) is 53.2 Å². The summed E-state index contributed by atoms with van der Waals surface area (Å²) in [5, 5.41) is -0.210. The maximum Gasteiger partial charge on any atom is 0.303 e. The molecular weight excluding hydrogens is 336 g/mol. The fourth-order valence-electron chi connectivity index (χ4n) is 2.60. The summed E-state index contributed by atoms with van der Waals surface area (Å²) in [7, 11) is 0. The first-order valence-electron chi connectivity index (χ1n) is 7.11. The van der Waals surface area contributed by atoms with Gasteiger partial charge in [0.05, 0.1) is 12.7 Å². The van der Waals surface area contributed by atoms with Crippen molar-refractivity contribution < 1.29 is 19.0 Å². The Bertz CT molecular complexity index is 465. The Labute approximate surface area is 133 Å². The molecule has 3 unspecified atom stereocenters. The lowest BCUT2D eigenvalue weighted by Crippen LogP contribution is -2.52. The Balaban J connectivity index is 2.01. The van der Waals surface area contributed by atoms with Crippen molar-refractivity contribution >= 4 is 21.9 Å². The van der Waals surface area contributed by atoms with Crippen LogP contribution in [-0.4, -0.2) is 29.3 Å². The summed E-state index contributed by atoms with van der Waals surface area (Å²) >= 11 is 3.52. The zero-order chi connectivity index (χ0) is 15.4. The van der Waals surface area contributed by atoms with Gasteiger partial charge < -0.3 is 14.2 Å². The van der Waals surface area contributed by atoms with Gasteiger partial charge in [-0.25, -0.2) is 0 Å². The minimum atomic E-state index is -0.294. The van der Waals surface area contributed by atoms with Crippen LogP contribution in [0, 0.1) is 5.92 Å². The van der Waals surface area contributed by atoms with Gasteiger partial charge >= 0.3 is 5.97 Å². The van der Waals surface area contributed by atoms with Crippen molar-refractivity contribution in [3.8, 4) is 0 Å². The van der Waals surface area contributed by atoms with E-state index < -0.39 is 0 Å². The zero-order valence-corrected chi connectivity index (χ0v) is 14.1. The number of hydrogen-bond acceptors (Lipinski definition) is 4. The third-order valence-electron chi connectivity index (χ3n) is 3.69. The van der Waals surface area contributed by atoms with E-state index in [1.165, 1.54) is 6.92 Å². The van der Waals surface area contributed by atoms with Crippen LogP contribution in [0.2, 0.25) is 0 Å². The number of hydrogen-bond donors (Lipinski definition) is 0. The van der Waals surface area contributed by atoms with Crippen molar-refractivity contribution in [2.24, 2.45) is 5.92 Å². The second kappa shape index (κ2) is 7.38. The molecule has 1 saturated heterocycles. The molecule has 0 amide bonds. The summed E-state index contributed by atoms with van der Waals surface area (Å²) in [6.07, 6.45) is -0.632. The summed E-state index contributed by atoms with van der Waals surface area (Å²) in [5.74, 6) is -0.247. The van der Waals surface area contributed by atoms with Crippen molar-refractivity contribution in [1.82, 2.24) is 0 Å². The van der Waals surface area contributed by atoms with Crippen molar-refractivity contribution in [3.05, 3.63) is 35.9 Å². The van der Waals surface area contributed by atoms with Gasteiger partial charge in [-0.05, 0) is 12.5 Å². The average molecular weight is 357 g/mol. The summed E-state index contributed by atoms with van der Waals surface area (Å²) < 4.78 is 17.2. The number of ether oxygens (including phenoxy) is 3. The van der Waals surface area contributed by atoms with Crippen LogP contribution in [0.5, 0.6) is 0 Å². The van der Waals surface area contributed by atoms with Gasteiger partial charge in [-0.3, -0.25) is 4.79 Å². The molecule has 0 N–H and O–H groups in total. The minimum Gasteiger partial charge on any atom is -0.459 e. The highest BCUT2D eigenvalue weighted by Gasteiger charge is 2.43. The number of esters is 1. The van der Waals surface area contributed by atoms with Gasteiger partial charge in [0.2, 0.25) is 0 Å². The van der Waals surface area contributed by atoms with E-state index in [2.05, 4.69) is 15.9 Å². The van der Waals surface area contributed by atoms with E-state index in [1.54, 1.807) is 0 Å². The van der Waals surface area contributed by atoms with Crippen LogP contribution in [0.25, 0.3) is 0 Å². The monoisotopic (exact) mass is 356 g/mol. The molecule has 0 saturated carbocycles. The molecule has 1 aliphatic heterocycles. The first-order valence-corrected chi connectivity index (χ1v) is 8.03. The van der Waals surface area contributed by atoms with Gasteiger partial charge in [0.1, 0.15) is 17.2 Å². The molecule has 1 aliphatic rings. The van der Waals surface area contributed by atoms with E-state index in [1.807, 2.05) is 44.2 Å². The third-order valence-corrected chi connectivity index (χ3v) is 4.43. The molecule has 0 aromatic heterocycles. The van der Waals surface area contributed by atoms with Crippen LogP contribution in [0.1, 0.15) is 26.3 Å². The standard InChI is InChI=1S/C16H21BrO4/c1-10-14(21-12(3)18)11(2)20-16(17)15(10)19-9-13-7-5-4-6-8-13/h4-8,10-11,14-16H,9H2,1-3H3/t10?,11?,14-,15?,16-/m0/s1. The molecule has 1 aromatic rings. The van der Waals surface area contributed by atoms with Crippen molar-refractivity contribution in [3.63, 3.8) is 0 Å². The number of alkyl halides is 1. The summed E-state index contributed by atoms with van der Waals surface area (Å²) in [6.45, 7) is 5.85. The largest absolute Gasteiger partial charge is 0.459 e. The summed E-state index contributed by atoms with van der Waals surface area (Å²) in [5.41, 5.74) is 1.10. The van der Waals surface area contributed by atoms with Crippen LogP contribution in [0.15, 0.2) is 30.3 Å². The molecule has 0 bridgehead atoms. The predicted molar refractivity (Wildman–Crippen MR) is 83.0 cm³/mol. The fraction of sp³-hybridized carbons (Fsp3) is 0.562. The predicted octanol–water partition coefficient (Wildman–Crippen LogP) is 3.28. The first-order chi connectivity index (χ1) is 9.99. The molecule has 21 heavy (non-hydrogen) atoms. The van der Waals surface area contributed by atoms with E-state index >= 15 is 0 Å². The normalized spacial score (nSPS) is 32.7. The average Bonchev–Trinajstić information content (AvgIpc) is 2.44. The fourth-order valence-corrected chi connectivity index (χ4v) is 3.58. The maximum atomic E-state index is 11.2. The number of rotatable bonds is 4. The van der Waals surface area contributed by atoms with Gasteiger partial charge in [0.15, 0.2) is 0 Å². The molecule has 4 nitrogen and oxygen atoms in total. The van der Waals surface area contributed by atoms with Crippen LogP contribution in [0.3, 0.4) is 0 Å². The van der Waals surface area contributed by atoms with E-state index in [0.717, 1.165) is 5.56 Å². The number of carbonyl (C=O) groups is 1. The van der Waals surface area contributed by atoms with Crippen molar-refractivity contribution in [1.29, 1.82) is 0 Å². The van der Waals surface area contributed by atoms with Gasteiger partial charge in [-0.2, -0.15) is 0 Å². The number of benzene rings is 1. The lowest BCUT2D eigenvalue weighted by Gasteiger charge is -2.42. The molecule has 5 heteroatoms. The highest BCUT2D eigenvalue weighted by Crippen LogP contribution is 2.33. The van der Waals surface area contributed by atoms with Gasteiger partial charge in [0.25, 0.3) is 0 Å². The smallest absolute Gasteiger partial charge is 0.303 e. The Morgan fingerprint density at radius 3 is 2.52 bits per heavy atom. The van der Waals surface area contributed by atoms with Crippen LogP contribution in [0.4, 0.5) is 0 Å². The second-order valence-electron chi connectivity index (χ2n) is 5.39. The third kappa shape index (κ3) is 4.28. The van der Waals surface area contributed by atoms with Crippen molar-refractivity contribution in [2.45, 2.75) is 50.7 Å². The van der Waals surface area contributed by atoms with E-state index in [9.17, 15) is 4.79 Å². The van der Waals surface area contributed by atoms with E-state index in [4.69, 9.17) is 14.2 Å². The maximum absolute atomic E-state index is 11.2. The molecule has 1 heterocycles. The molecule has 5 atom stereocenters. The molecule has 2 rings (SSSR count). The number of halogens is 1. The SMILES string of the molecule is CC(=O)O[C@@H]1C(C)O[C@H](Br)C(OCc2ccccc2)C1C. The quantitative estimate of drug-likeness (QED) is 0.613. The molecule has 1 aromatic carbocycles. The molecule has 0 aliphatic carbocycles. The molecule has 1 fully saturated rings. The minimum absolute atomic E-state index is 0.0470. The first kappa shape index (κ1) is 16.5. The summed E-state index contributed by atoms with van der Waals surface area (Å²) in [4.78, 5) is 11.2. The molecule has 0 radical (unpaired) electrons. The van der Waals surface area contributed by atoms with Crippen molar-refractivity contribution in [2.75, 3.05) is 0 Å². The Hall–Kier alpha value is -0.910. The molecule has 0 spiro atoms. The van der Waals surface area contributed by atoms with E-state index in [0.29, 0.717) is 6.61 Å². The molecule has 116 valence electrons. The summed E-state index contributed by atoms with van der Waals surface area (Å²) in [6, 6.07) is 9.97. The highest BCUT2D eigenvalue weighted by molar-refractivity contribution is 9.09. The Kier molecular flexibility index (Phi) is 5.79. The van der Waals surface area contributed by atoms with Crippen LogP contribution in [-0.2, 0) is 25.6 Å². The second-order valence-corrected chi connectivity index (χ2v) is 6.29. The van der Waals surface area contributed by atoms with Gasteiger partial charge in [0, 0.05) is 12.8 Å². The lowest BCUT2D eigenvalue weighted by atomic mass is 9.92. The number of carbonyl (C=O) groups excluding carboxylic acids is 1. The Morgan fingerprint density at radius 1 is 1.24 bits per heavy atom.